The lowest BCUT2D eigenvalue weighted by molar-refractivity contribution is -0.114. The zero-order valence-electron chi connectivity index (χ0n) is 18.9. The van der Waals surface area contributed by atoms with Crippen molar-refractivity contribution in [3.8, 4) is 11.3 Å². The van der Waals surface area contributed by atoms with Crippen molar-refractivity contribution in [2.75, 3.05) is 11.9 Å². The van der Waals surface area contributed by atoms with Crippen molar-refractivity contribution >= 4 is 23.3 Å². The summed E-state index contributed by atoms with van der Waals surface area (Å²) in [6.07, 6.45) is 2.63. The molecule has 2 aromatic heterocycles. The average Bonchev–Trinajstić information content (AvgIpc) is 3.48. The first-order chi connectivity index (χ1) is 16.4. The first kappa shape index (κ1) is 21.8. The van der Waals surface area contributed by atoms with Crippen LogP contribution in [-0.2, 0) is 4.79 Å². The molecule has 7 nitrogen and oxygen atoms in total. The summed E-state index contributed by atoms with van der Waals surface area (Å²) in [4.78, 5) is 28.5. The first-order valence-corrected chi connectivity index (χ1v) is 11.2. The SMILES string of the molecule is CC(=O)Nc1cn2nc(-c3ccc(C)c(C(=O)NC[C@H]4CC4c4ccc(F)cc4)c3)ccc2n1. The van der Waals surface area contributed by atoms with Crippen LogP contribution < -0.4 is 10.6 Å². The standard InChI is InChI=1S/C26H24FN5O2/c1-15-3-4-18(23-9-10-25-30-24(29-16(2)33)14-32(25)31-23)11-21(15)26(34)28-13-19-12-22(19)17-5-7-20(27)8-6-17/h3-11,14,19,22H,12-13H2,1-2H3,(H,28,34)(H,29,33)/t19-,22?/m1/s1. The molecule has 1 saturated carbocycles. The number of anilines is 1. The van der Waals surface area contributed by atoms with Crippen LogP contribution in [0.2, 0.25) is 0 Å². The van der Waals surface area contributed by atoms with Crippen LogP contribution in [0.15, 0.2) is 60.8 Å². The summed E-state index contributed by atoms with van der Waals surface area (Å²) in [7, 11) is 0. The molecule has 2 atom stereocenters. The highest BCUT2D eigenvalue weighted by Gasteiger charge is 2.38. The highest BCUT2D eigenvalue weighted by Crippen LogP contribution is 2.46. The maximum absolute atomic E-state index is 13.1. The van der Waals surface area contributed by atoms with Crippen LogP contribution in [0.4, 0.5) is 10.2 Å². The van der Waals surface area contributed by atoms with Crippen molar-refractivity contribution < 1.29 is 14.0 Å². The normalized spacial score (nSPS) is 16.9. The topological polar surface area (TPSA) is 88.4 Å². The van der Waals surface area contributed by atoms with Gasteiger partial charge in [-0.3, -0.25) is 9.59 Å². The molecule has 0 radical (unpaired) electrons. The van der Waals surface area contributed by atoms with Gasteiger partial charge >= 0.3 is 0 Å². The van der Waals surface area contributed by atoms with E-state index in [4.69, 9.17) is 0 Å². The molecule has 2 N–H and O–H groups in total. The van der Waals surface area contributed by atoms with Crippen LogP contribution in [0.5, 0.6) is 0 Å². The molecule has 4 aromatic rings. The molecule has 2 amide bonds. The Kier molecular flexibility index (Phi) is 5.57. The van der Waals surface area contributed by atoms with Gasteiger partial charge < -0.3 is 10.6 Å². The number of hydrogen-bond acceptors (Lipinski definition) is 4. The number of nitrogens with zero attached hydrogens (tertiary/aromatic N) is 3. The summed E-state index contributed by atoms with van der Waals surface area (Å²) in [5.74, 6) is 0.594. The molecule has 0 saturated heterocycles. The molecule has 8 heteroatoms. The van der Waals surface area contributed by atoms with Crippen LogP contribution in [0.25, 0.3) is 16.9 Å². The Morgan fingerprint density at radius 2 is 1.91 bits per heavy atom. The fourth-order valence-electron chi connectivity index (χ4n) is 4.21. The third kappa shape index (κ3) is 4.52. The number of amides is 2. The number of carbonyl (C=O) groups is 2. The minimum Gasteiger partial charge on any atom is -0.352 e. The van der Waals surface area contributed by atoms with Crippen molar-refractivity contribution in [1.29, 1.82) is 0 Å². The van der Waals surface area contributed by atoms with Crippen LogP contribution >= 0.6 is 0 Å². The Hall–Kier alpha value is -4.07. The van der Waals surface area contributed by atoms with Gasteiger partial charge in [0, 0.05) is 24.6 Å². The molecule has 2 aromatic carbocycles. The second kappa shape index (κ2) is 8.70. The minimum absolute atomic E-state index is 0.124. The number of fused-ring (bicyclic) bond motifs is 1. The lowest BCUT2D eigenvalue weighted by Gasteiger charge is -2.10. The number of halogens is 1. The molecule has 5 rings (SSSR count). The van der Waals surface area contributed by atoms with E-state index in [-0.39, 0.29) is 17.6 Å². The number of nitrogens with one attached hydrogen (secondary N) is 2. The molecule has 1 aliphatic rings. The summed E-state index contributed by atoms with van der Waals surface area (Å²) in [6.45, 7) is 3.91. The maximum Gasteiger partial charge on any atom is 0.251 e. The van der Waals surface area contributed by atoms with E-state index in [2.05, 4.69) is 20.7 Å². The van der Waals surface area contributed by atoms with Crippen LogP contribution in [0.1, 0.15) is 40.7 Å². The number of aromatic nitrogens is 3. The van der Waals surface area contributed by atoms with Crippen molar-refractivity contribution in [3.63, 3.8) is 0 Å². The molecule has 2 heterocycles. The highest BCUT2D eigenvalue weighted by atomic mass is 19.1. The molecule has 172 valence electrons. The van der Waals surface area contributed by atoms with Gasteiger partial charge in [-0.25, -0.2) is 13.9 Å². The van der Waals surface area contributed by atoms with Crippen molar-refractivity contribution in [2.24, 2.45) is 5.92 Å². The van der Waals surface area contributed by atoms with Gasteiger partial charge in [-0.05, 0) is 66.6 Å². The van der Waals surface area contributed by atoms with E-state index in [0.29, 0.717) is 41.1 Å². The Balaban J connectivity index is 1.29. The Morgan fingerprint density at radius 1 is 1.12 bits per heavy atom. The number of aryl methyl sites for hydroxylation is 1. The van der Waals surface area contributed by atoms with E-state index in [1.807, 2.05) is 49.4 Å². The van der Waals surface area contributed by atoms with Crippen molar-refractivity contribution in [1.82, 2.24) is 19.9 Å². The molecule has 0 spiro atoms. The highest BCUT2D eigenvalue weighted by molar-refractivity contribution is 5.96. The molecular formula is C26H24FN5O2. The van der Waals surface area contributed by atoms with Gasteiger partial charge in [0.25, 0.3) is 5.91 Å². The van der Waals surface area contributed by atoms with Crippen LogP contribution in [0.3, 0.4) is 0 Å². The number of carbonyl (C=O) groups excluding carboxylic acids is 2. The van der Waals surface area contributed by atoms with Crippen molar-refractivity contribution in [2.45, 2.75) is 26.2 Å². The Morgan fingerprint density at radius 3 is 2.68 bits per heavy atom. The predicted molar refractivity (Wildman–Crippen MR) is 127 cm³/mol. The third-order valence-electron chi connectivity index (χ3n) is 6.15. The molecule has 0 aliphatic heterocycles. The lowest BCUT2D eigenvalue weighted by Crippen LogP contribution is -2.26. The fraction of sp³-hybridized carbons (Fsp3) is 0.231. The monoisotopic (exact) mass is 457 g/mol. The number of benzene rings is 2. The summed E-state index contributed by atoms with van der Waals surface area (Å²) in [5, 5.41) is 10.3. The molecule has 1 unspecified atom stereocenters. The van der Waals surface area contributed by atoms with Gasteiger partial charge in [-0.1, -0.05) is 24.3 Å². The molecule has 0 bridgehead atoms. The molecule has 34 heavy (non-hydrogen) atoms. The van der Waals surface area contributed by atoms with Crippen molar-refractivity contribution in [3.05, 3.63) is 83.3 Å². The Labute approximate surface area is 196 Å². The second-order valence-corrected chi connectivity index (χ2v) is 8.72. The third-order valence-corrected chi connectivity index (χ3v) is 6.15. The number of imidazole rings is 1. The van der Waals surface area contributed by atoms with E-state index >= 15 is 0 Å². The summed E-state index contributed by atoms with van der Waals surface area (Å²) >= 11 is 0. The smallest absolute Gasteiger partial charge is 0.251 e. The zero-order valence-corrected chi connectivity index (χ0v) is 18.9. The number of hydrogen-bond donors (Lipinski definition) is 2. The number of rotatable bonds is 6. The van der Waals surface area contributed by atoms with E-state index in [1.54, 1.807) is 10.7 Å². The van der Waals surface area contributed by atoms with Gasteiger partial charge in [-0.15, -0.1) is 0 Å². The Bertz CT molecular complexity index is 1400. The fourth-order valence-corrected chi connectivity index (χ4v) is 4.21. The van der Waals surface area contributed by atoms with Gasteiger partial charge in [0.15, 0.2) is 11.5 Å². The lowest BCUT2D eigenvalue weighted by atomic mass is 10.0. The zero-order chi connectivity index (χ0) is 23.8. The van der Waals surface area contributed by atoms with E-state index < -0.39 is 0 Å². The quantitative estimate of drug-likeness (QED) is 0.451. The van der Waals surface area contributed by atoms with E-state index in [0.717, 1.165) is 23.1 Å². The molecule has 1 aliphatic carbocycles. The summed E-state index contributed by atoms with van der Waals surface area (Å²) < 4.78 is 14.7. The maximum atomic E-state index is 13.1. The largest absolute Gasteiger partial charge is 0.352 e. The summed E-state index contributed by atoms with van der Waals surface area (Å²) in [6, 6.07) is 15.9. The molecular weight excluding hydrogens is 433 g/mol. The minimum atomic E-state index is -0.237. The van der Waals surface area contributed by atoms with Gasteiger partial charge in [0.1, 0.15) is 5.82 Å². The first-order valence-electron chi connectivity index (χ1n) is 11.2. The van der Waals surface area contributed by atoms with Crippen LogP contribution in [0, 0.1) is 18.7 Å². The van der Waals surface area contributed by atoms with Gasteiger partial charge in [0.05, 0.1) is 11.9 Å². The van der Waals surface area contributed by atoms with Crippen LogP contribution in [-0.4, -0.2) is 33.0 Å². The van der Waals surface area contributed by atoms with E-state index in [1.165, 1.54) is 19.1 Å². The second-order valence-electron chi connectivity index (χ2n) is 8.72. The predicted octanol–water partition coefficient (Wildman–Crippen LogP) is 4.34. The molecule has 1 fully saturated rings. The van der Waals surface area contributed by atoms with Gasteiger partial charge in [-0.2, -0.15) is 5.10 Å². The van der Waals surface area contributed by atoms with E-state index in [9.17, 15) is 14.0 Å². The average molecular weight is 458 g/mol. The summed E-state index contributed by atoms with van der Waals surface area (Å²) in [5.41, 5.74) is 4.70. The van der Waals surface area contributed by atoms with Gasteiger partial charge in [0.2, 0.25) is 5.91 Å².